The predicted molar refractivity (Wildman–Crippen MR) is 59.9 cm³/mol. The molecule has 0 radical (unpaired) electrons. The van der Waals surface area contributed by atoms with Crippen LogP contribution in [0.4, 0.5) is 4.39 Å². The van der Waals surface area contributed by atoms with Crippen LogP contribution in [0.2, 0.25) is 0 Å². The lowest BCUT2D eigenvalue weighted by Crippen LogP contribution is -2.37. The number of pyridine rings is 1. The standard InChI is InChI=1S/C12H15FN2O2/c1-12(10-4-3-8(13)5-15-10)7-14-6-9(12)11(16)17-2/h3-5,9,14H,6-7H2,1-2H3. The van der Waals surface area contributed by atoms with Crippen molar-refractivity contribution in [1.82, 2.24) is 10.3 Å². The average molecular weight is 238 g/mol. The third-order valence-corrected chi connectivity index (χ3v) is 3.41. The Morgan fingerprint density at radius 2 is 2.41 bits per heavy atom. The lowest BCUT2D eigenvalue weighted by molar-refractivity contribution is -0.146. The highest BCUT2D eigenvalue weighted by molar-refractivity contribution is 5.75. The molecule has 1 aromatic heterocycles. The van der Waals surface area contributed by atoms with E-state index in [4.69, 9.17) is 4.74 Å². The van der Waals surface area contributed by atoms with E-state index in [1.807, 2.05) is 6.92 Å². The normalized spacial score (nSPS) is 28.1. The molecule has 0 aliphatic carbocycles. The molecule has 1 N–H and O–H groups in total. The maximum atomic E-state index is 12.9. The molecule has 0 aromatic carbocycles. The minimum atomic E-state index is -0.444. The van der Waals surface area contributed by atoms with Gasteiger partial charge in [0.05, 0.1) is 19.2 Å². The molecule has 5 heteroatoms. The van der Waals surface area contributed by atoms with Crippen LogP contribution in [0, 0.1) is 11.7 Å². The minimum absolute atomic E-state index is 0.261. The van der Waals surface area contributed by atoms with Crippen LogP contribution in [0.5, 0.6) is 0 Å². The molecule has 2 heterocycles. The topological polar surface area (TPSA) is 51.2 Å². The molecule has 1 aliphatic rings. The zero-order chi connectivity index (χ0) is 12.5. The first-order chi connectivity index (χ1) is 8.08. The van der Waals surface area contributed by atoms with Gasteiger partial charge in [-0.1, -0.05) is 6.92 Å². The average Bonchev–Trinajstić information content (AvgIpc) is 2.72. The Kier molecular flexibility index (Phi) is 3.11. The molecule has 1 fully saturated rings. The first kappa shape index (κ1) is 12.0. The van der Waals surface area contributed by atoms with Crippen molar-refractivity contribution < 1.29 is 13.9 Å². The molecular weight excluding hydrogens is 223 g/mol. The number of methoxy groups -OCH3 is 1. The second kappa shape index (κ2) is 4.41. The molecule has 17 heavy (non-hydrogen) atoms. The van der Waals surface area contributed by atoms with Gasteiger partial charge < -0.3 is 10.1 Å². The molecule has 0 saturated carbocycles. The van der Waals surface area contributed by atoms with Gasteiger partial charge in [-0.15, -0.1) is 0 Å². The molecule has 0 amide bonds. The fourth-order valence-electron chi connectivity index (χ4n) is 2.29. The van der Waals surface area contributed by atoms with Crippen molar-refractivity contribution in [3.63, 3.8) is 0 Å². The van der Waals surface area contributed by atoms with Crippen molar-refractivity contribution >= 4 is 5.97 Å². The molecule has 2 atom stereocenters. The zero-order valence-electron chi connectivity index (χ0n) is 9.87. The summed E-state index contributed by atoms with van der Waals surface area (Å²) in [5, 5.41) is 3.16. The van der Waals surface area contributed by atoms with Crippen molar-refractivity contribution in [3.05, 3.63) is 29.8 Å². The van der Waals surface area contributed by atoms with Crippen LogP contribution in [-0.4, -0.2) is 31.2 Å². The zero-order valence-corrected chi connectivity index (χ0v) is 9.87. The molecule has 0 spiro atoms. The molecule has 1 saturated heterocycles. The maximum absolute atomic E-state index is 12.9. The van der Waals surface area contributed by atoms with Gasteiger partial charge in [0.15, 0.2) is 0 Å². The quantitative estimate of drug-likeness (QED) is 0.777. The van der Waals surface area contributed by atoms with Gasteiger partial charge in [-0.05, 0) is 12.1 Å². The molecule has 4 nitrogen and oxygen atoms in total. The fourth-order valence-corrected chi connectivity index (χ4v) is 2.29. The number of halogens is 1. The summed E-state index contributed by atoms with van der Waals surface area (Å²) in [5.41, 5.74) is 0.264. The van der Waals surface area contributed by atoms with Crippen LogP contribution >= 0.6 is 0 Å². The van der Waals surface area contributed by atoms with Crippen LogP contribution in [0.15, 0.2) is 18.3 Å². The van der Waals surface area contributed by atoms with Crippen molar-refractivity contribution in [1.29, 1.82) is 0 Å². The summed E-state index contributed by atoms with van der Waals surface area (Å²) < 4.78 is 17.6. The van der Waals surface area contributed by atoms with Crippen molar-refractivity contribution in [2.75, 3.05) is 20.2 Å². The van der Waals surface area contributed by atoms with Crippen LogP contribution in [0.3, 0.4) is 0 Å². The Morgan fingerprint density at radius 3 is 3.00 bits per heavy atom. The van der Waals surface area contributed by atoms with E-state index in [1.165, 1.54) is 19.4 Å². The Hall–Kier alpha value is -1.49. The monoisotopic (exact) mass is 238 g/mol. The third-order valence-electron chi connectivity index (χ3n) is 3.41. The Labute approximate surface area is 99.2 Å². The number of carbonyl (C=O) groups is 1. The number of nitrogens with one attached hydrogen (secondary N) is 1. The van der Waals surface area contributed by atoms with Crippen molar-refractivity contribution in [2.24, 2.45) is 5.92 Å². The summed E-state index contributed by atoms with van der Waals surface area (Å²) in [4.78, 5) is 15.8. The van der Waals surface area contributed by atoms with Gasteiger partial charge in [-0.25, -0.2) is 4.39 Å². The second-order valence-corrected chi connectivity index (χ2v) is 4.49. The van der Waals surface area contributed by atoms with E-state index in [9.17, 15) is 9.18 Å². The first-order valence-corrected chi connectivity index (χ1v) is 5.48. The predicted octanol–water partition coefficient (Wildman–Crippen LogP) is 0.871. The van der Waals surface area contributed by atoms with Crippen molar-refractivity contribution in [3.8, 4) is 0 Å². The Bertz CT molecular complexity index is 421. The number of hydrogen-bond acceptors (Lipinski definition) is 4. The number of aromatic nitrogens is 1. The van der Waals surface area contributed by atoms with E-state index in [0.717, 1.165) is 0 Å². The van der Waals surface area contributed by atoms with Gasteiger partial charge in [-0.2, -0.15) is 0 Å². The molecule has 0 bridgehead atoms. The van der Waals surface area contributed by atoms with E-state index in [1.54, 1.807) is 6.07 Å². The summed E-state index contributed by atoms with van der Waals surface area (Å²) in [7, 11) is 1.37. The fraction of sp³-hybridized carbons (Fsp3) is 0.500. The largest absolute Gasteiger partial charge is 0.469 e. The van der Waals surface area contributed by atoms with Crippen LogP contribution in [0.1, 0.15) is 12.6 Å². The van der Waals surface area contributed by atoms with E-state index in [2.05, 4.69) is 10.3 Å². The number of carbonyl (C=O) groups excluding carboxylic acids is 1. The van der Waals surface area contributed by atoms with E-state index in [-0.39, 0.29) is 17.7 Å². The number of esters is 1. The molecule has 1 aliphatic heterocycles. The summed E-state index contributed by atoms with van der Waals surface area (Å²) in [6.07, 6.45) is 1.17. The van der Waals surface area contributed by atoms with E-state index >= 15 is 0 Å². The number of rotatable bonds is 2. The summed E-state index contributed by atoms with van der Waals surface area (Å²) in [6, 6.07) is 2.98. The van der Waals surface area contributed by atoms with Gasteiger partial charge in [-0.3, -0.25) is 9.78 Å². The molecule has 92 valence electrons. The van der Waals surface area contributed by atoms with Gasteiger partial charge in [0.1, 0.15) is 5.82 Å². The maximum Gasteiger partial charge on any atom is 0.310 e. The molecule has 1 aromatic rings. The minimum Gasteiger partial charge on any atom is -0.469 e. The first-order valence-electron chi connectivity index (χ1n) is 5.48. The summed E-state index contributed by atoms with van der Waals surface area (Å²) in [6.45, 7) is 3.13. The SMILES string of the molecule is COC(=O)C1CNCC1(C)c1ccc(F)cn1. The highest BCUT2D eigenvalue weighted by atomic mass is 19.1. The van der Waals surface area contributed by atoms with Gasteiger partial charge in [0.2, 0.25) is 0 Å². The lowest BCUT2D eigenvalue weighted by atomic mass is 9.77. The molecule has 2 rings (SSSR count). The van der Waals surface area contributed by atoms with Crippen LogP contribution in [-0.2, 0) is 14.9 Å². The van der Waals surface area contributed by atoms with E-state index < -0.39 is 5.41 Å². The van der Waals surface area contributed by atoms with Gasteiger partial charge in [0.25, 0.3) is 0 Å². The van der Waals surface area contributed by atoms with Gasteiger partial charge >= 0.3 is 5.97 Å². The number of nitrogens with zero attached hydrogens (tertiary/aromatic N) is 1. The smallest absolute Gasteiger partial charge is 0.310 e. The van der Waals surface area contributed by atoms with Crippen molar-refractivity contribution in [2.45, 2.75) is 12.3 Å². The number of hydrogen-bond donors (Lipinski definition) is 1. The lowest BCUT2D eigenvalue weighted by Gasteiger charge is -2.28. The number of ether oxygens (including phenoxy) is 1. The Morgan fingerprint density at radius 1 is 1.65 bits per heavy atom. The van der Waals surface area contributed by atoms with Crippen LogP contribution in [0.25, 0.3) is 0 Å². The summed E-state index contributed by atoms with van der Waals surface area (Å²) >= 11 is 0. The van der Waals surface area contributed by atoms with E-state index in [0.29, 0.717) is 18.8 Å². The highest BCUT2D eigenvalue weighted by Gasteiger charge is 2.46. The molecular formula is C12H15FN2O2. The Balaban J connectivity index is 2.34. The summed E-state index contributed by atoms with van der Waals surface area (Å²) in [5.74, 6) is -0.924. The third kappa shape index (κ3) is 2.02. The second-order valence-electron chi connectivity index (χ2n) is 4.49. The highest BCUT2D eigenvalue weighted by Crippen LogP contribution is 2.34. The van der Waals surface area contributed by atoms with Crippen LogP contribution < -0.4 is 5.32 Å². The molecule has 2 unspecified atom stereocenters. The van der Waals surface area contributed by atoms with Gasteiger partial charge in [0, 0.05) is 24.2 Å².